The van der Waals surface area contributed by atoms with Gasteiger partial charge in [-0.2, -0.15) is 0 Å². The van der Waals surface area contributed by atoms with Gasteiger partial charge in [0.15, 0.2) is 5.79 Å². The molecule has 0 atom stereocenters. The van der Waals surface area contributed by atoms with Crippen LogP contribution in [-0.4, -0.2) is 43.5 Å². The molecule has 17 heavy (non-hydrogen) atoms. The minimum atomic E-state index is -0.187. The van der Waals surface area contributed by atoms with Crippen LogP contribution in [0.1, 0.15) is 44.9 Å². The Balaban J connectivity index is 1.46. The van der Waals surface area contributed by atoms with Crippen LogP contribution in [-0.2, 0) is 9.47 Å². The van der Waals surface area contributed by atoms with Gasteiger partial charge >= 0.3 is 0 Å². The Bertz CT molecular complexity index is 249. The molecule has 98 valence electrons. The summed E-state index contributed by atoms with van der Waals surface area (Å²) in [6.45, 7) is 2.89. The molecule has 0 aromatic carbocycles. The standard InChI is InChI=1S/C14H25NO2/c1-15(11-12-3-2-4-12)13-5-7-14(8-6-13)16-9-10-17-14/h12-13H,2-11H2,1H3. The van der Waals surface area contributed by atoms with E-state index in [9.17, 15) is 0 Å². The molecule has 0 radical (unpaired) electrons. The SMILES string of the molecule is CN(CC1CCC1)C1CCC2(CC1)OCCO2. The van der Waals surface area contributed by atoms with Crippen LogP contribution in [0.4, 0.5) is 0 Å². The Morgan fingerprint density at radius 2 is 1.71 bits per heavy atom. The highest BCUT2D eigenvalue weighted by Crippen LogP contribution is 2.37. The van der Waals surface area contributed by atoms with Crippen LogP contribution in [0.5, 0.6) is 0 Å². The molecule has 3 rings (SSSR count). The minimum absolute atomic E-state index is 0.187. The zero-order chi connectivity index (χ0) is 11.7. The lowest BCUT2D eigenvalue weighted by atomic mass is 9.83. The van der Waals surface area contributed by atoms with Gasteiger partial charge in [0.05, 0.1) is 13.2 Å². The molecule has 0 aromatic rings. The van der Waals surface area contributed by atoms with Gasteiger partial charge in [0.2, 0.25) is 0 Å². The predicted octanol–water partition coefficient (Wildman–Crippen LogP) is 2.40. The Labute approximate surface area is 104 Å². The molecule has 2 aliphatic carbocycles. The van der Waals surface area contributed by atoms with Gasteiger partial charge in [-0.1, -0.05) is 6.42 Å². The summed E-state index contributed by atoms with van der Waals surface area (Å²) in [6.07, 6.45) is 9.01. The Morgan fingerprint density at radius 3 is 2.24 bits per heavy atom. The van der Waals surface area contributed by atoms with Gasteiger partial charge in [0.1, 0.15) is 0 Å². The summed E-state index contributed by atoms with van der Waals surface area (Å²) in [5, 5.41) is 0. The third-order valence-electron chi connectivity index (χ3n) is 4.92. The van der Waals surface area contributed by atoms with E-state index in [0.717, 1.165) is 38.0 Å². The second-order valence-electron chi connectivity index (χ2n) is 6.08. The van der Waals surface area contributed by atoms with Crippen LogP contribution in [0.15, 0.2) is 0 Å². The summed E-state index contributed by atoms with van der Waals surface area (Å²) < 4.78 is 11.6. The van der Waals surface area contributed by atoms with E-state index in [1.807, 2.05) is 0 Å². The lowest BCUT2D eigenvalue weighted by Gasteiger charge is -2.41. The Kier molecular flexibility index (Phi) is 3.42. The van der Waals surface area contributed by atoms with Crippen LogP contribution in [0.3, 0.4) is 0 Å². The quantitative estimate of drug-likeness (QED) is 0.755. The van der Waals surface area contributed by atoms with Gasteiger partial charge in [0.25, 0.3) is 0 Å². The molecule has 3 fully saturated rings. The first-order valence-electron chi connectivity index (χ1n) is 7.26. The van der Waals surface area contributed by atoms with E-state index in [0.29, 0.717) is 0 Å². The third-order valence-corrected chi connectivity index (χ3v) is 4.92. The van der Waals surface area contributed by atoms with Crippen molar-refractivity contribution in [1.29, 1.82) is 0 Å². The van der Waals surface area contributed by atoms with Crippen molar-refractivity contribution in [1.82, 2.24) is 4.90 Å². The molecule has 3 aliphatic rings. The van der Waals surface area contributed by atoms with Crippen molar-refractivity contribution in [3.63, 3.8) is 0 Å². The maximum absolute atomic E-state index is 5.78. The smallest absolute Gasteiger partial charge is 0.168 e. The summed E-state index contributed by atoms with van der Waals surface area (Å²) in [6, 6.07) is 0.758. The summed E-state index contributed by atoms with van der Waals surface area (Å²) >= 11 is 0. The number of hydrogen-bond donors (Lipinski definition) is 0. The van der Waals surface area contributed by atoms with Crippen molar-refractivity contribution in [2.24, 2.45) is 5.92 Å². The second-order valence-corrected chi connectivity index (χ2v) is 6.08. The van der Waals surface area contributed by atoms with Crippen molar-refractivity contribution in [2.45, 2.75) is 56.8 Å². The van der Waals surface area contributed by atoms with Crippen molar-refractivity contribution in [3.05, 3.63) is 0 Å². The van der Waals surface area contributed by atoms with Gasteiger partial charge in [-0.3, -0.25) is 0 Å². The van der Waals surface area contributed by atoms with E-state index in [4.69, 9.17) is 9.47 Å². The molecule has 1 heterocycles. The largest absolute Gasteiger partial charge is 0.348 e. The van der Waals surface area contributed by atoms with E-state index in [1.165, 1.54) is 38.6 Å². The Hall–Kier alpha value is -0.120. The molecule has 0 unspecified atom stereocenters. The van der Waals surface area contributed by atoms with Crippen LogP contribution in [0.25, 0.3) is 0 Å². The summed E-state index contributed by atoms with van der Waals surface area (Å²) in [5.74, 6) is 0.795. The first-order valence-corrected chi connectivity index (χ1v) is 7.26. The number of nitrogens with zero attached hydrogens (tertiary/aromatic N) is 1. The molecule has 0 amide bonds. The summed E-state index contributed by atoms with van der Waals surface area (Å²) in [5.41, 5.74) is 0. The first kappa shape index (κ1) is 11.9. The molecule has 1 saturated heterocycles. The molecule has 0 bridgehead atoms. The molecule has 0 N–H and O–H groups in total. The number of rotatable bonds is 3. The fourth-order valence-corrected chi connectivity index (χ4v) is 3.50. The van der Waals surface area contributed by atoms with E-state index in [2.05, 4.69) is 11.9 Å². The van der Waals surface area contributed by atoms with Crippen LogP contribution in [0, 0.1) is 5.92 Å². The highest BCUT2D eigenvalue weighted by atomic mass is 16.7. The maximum atomic E-state index is 5.78. The topological polar surface area (TPSA) is 21.7 Å². The number of ether oxygens (including phenoxy) is 2. The highest BCUT2D eigenvalue weighted by molar-refractivity contribution is 4.87. The second kappa shape index (κ2) is 4.87. The molecule has 0 aromatic heterocycles. The molecule has 2 saturated carbocycles. The predicted molar refractivity (Wildman–Crippen MR) is 66.9 cm³/mol. The lowest BCUT2D eigenvalue weighted by molar-refractivity contribution is -0.183. The third kappa shape index (κ3) is 2.51. The highest BCUT2D eigenvalue weighted by Gasteiger charge is 2.41. The van der Waals surface area contributed by atoms with Gasteiger partial charge < -0.3 is 14.4 Å². The van der Waals surface area contributed by atoms with Crippen LogP contribution < -0.4 is 0 Å². The number of hydrogen-bond acceptors (Lipinski definition) is 3. The zero-order valence-corrected chi connectivity index (χ0v) is 11.0. The van der Waals surface area contributed by atoms with Gasteiger partial charge in [-0.25, -0.2) is 0 Å². The normalized spacial score (nSPS) is 30.0. The summed E-state index contributed by atoms with van der Waals surface area (Å²) in [4.78, 5) is 2.59. The van der Waals surface area contributed by atoms with Gasteiger partial charge in [-0.05, 0) is 38.6 Å². The fourth-order valence-electron chi connectivity index (χ4n) is 3.50. The monoisotopic (exact) mass is 239 g/mol. The van der Waals surface area contributed by atoms with Crippen LogP contribution >= 0.6 is 0 Å². The molecular weight excluding hydrogens is 214 g/mol. The van der Waals surface area contributed by atoms with E-state index < -0.39 is 0 Å². The van der Waals surface area contributed by atoms with Crippen molar-refractivity contribution >= 4 is 0 Å². The van der Waals surface area contributed by atoms with E-state index >= 15 is 0 Å². The van der Waals surface area contributed by atoms with Crippen molar-refractivity contribution in [2.75, 3.05) is 26.8 Å². The van der Waals surface area contributed by atoms with E-state index in [1.54, 1.807) is 0 Å². The molecule has 1 spiro atoms. The average Bonchev–Trinajstić information content (AvgIpc) is 2.73. The first-order chi connectivity index (χ1) is 8.27. The Morgan fingerprint density at radius 1 is 1.06 bits per heavy atom. The van der Waals surface area contributed by atoms with Gasteiger partial charge in [0, 0.05) is 25.4 Å². The zero-order valence-electron chi connectivity index (χ0n) is 11.0. The molecule has 3 heteroatoms. The van der Waals surface area contributed by atoms with Gasteiger partial charge in [-0.15, -0.1) is 0 Å². The van der Waals surface area contributed by atoms with Crippen molar-refractivity contribution in [3.8, 4) is 0 Å². The molecule has 3 nitrogen and oxygen atoms in total. The van der Waals surface area contributed by atoms with Crippen molar-refractivity contribution < 1.29 is 9.47 Å². The fraction of sp³-hybridized carbons (Fsp3) is 1.00. The summed E-state index contributed by atoms with van der Waals surface area (Å²) in [7, 11) is 2.30. The minimum Gasteiger partial charge on any atom is -0.348 e. The van der Waals surface area contributed by atoms with Crippen LogP contribution in [0.2, 0.25) is 0 Å². The average molecular weight is 239 g/mol. The maximum Gasteiger partial charge on any atom is 0.168 e. The molecular formula is C14H25NO2. The lowest BCUT2D eigenvalue weighted by Crippen LogP contribution is -2.44. The van der Waals surface area contributed by atoms with E-state index in [-0.39, 0.29) is 5.79 Å². The molecule has 1 aliphatic heterocycles.